The van der Waals surface area contributed by atoms with Gasteiger partial charge in [0.1, 0.15) is 0 Å². The molecule has 1 N–H and O–H groups in total. The van der Waals surface area contributed by atoms with Gasteiger partial charge < -0.3 is 4.74 Å². The number of benzene rings is 2. The van der Waals surface area contributed by atoms with Crippen LogP contribution in [0.4, 0.5) is 0 Å². The van der Waals surface area contributed by atoms with E-state index in [2.05, 4.69) is 11.4 Å². The lowest BCUT2D eigenvalue weighted by Crippen LogP contribution is -2.38. The van der Waals surface area contributed by atoms with Crippen LogP contribution < -0.4 is 5.32 Å². The molecular weight excluding hydrogens is 368 g/mol. The number of hydrogen-bond donors (Lipinski definition) is 1. The SMILES string of the molecule is N#Cc1ccccc1-c1ccccc1C(=O)OCC(=O)NC(=O)C1CCCCC1. The third-order valence-electron chi connectivity index (χ3n) is 5.06. The number of nitrogens with zero attached hydrogens (tertiary/aromatic N) is 1. The first-order valence-corrected chi connectivity index (χ1v) is 9.69. The van der Waals surface area contributed by atoms with Crippen molar-refractivity contribution in [3.05, 3.63) is 59.7 Å². The second-order valence-electron chi connectivity index (χ2n) is 7.03. The largest absolute Gasteiger partial charge is 0.452 e. The molecule has 1 aliphatic carbocycles. The number of rotatable bonds is 5. The highest BCUT2D eigenvalue weighted by molar-refractivity contribution is 6.01. The number of hydrogen-bond acceptors (Lipinski definition) is 5. The highest BCUT2D eigenvalue weighted by atomic mass is 16.5. The smallest absolute Gasteiger partial charge is 0.339 e. The molecule has 1 saturated carbocycles. The van der Waals surface area contributed by atoms with Gasteiger partial charge in [-0.3, -0.25) is 14.9 Å². The van der Waals surface area contributed by atoms with E-state index in [0.717, 1.165) is 32.1 Å². The number of nitrogens with one attached hydrogen (secondary N) is 1. The topological polar surface area (TPSA) is 96.3 Å². The zero-order valence-corrected chi connectivity index (χ0v) is 16.0. The Bertz CT molecular complexity index is 955. The van der Waals surface area contributed by atoms with Crippen molar-refractivity contribution >= 4 is 17.8 Å². The van der Waals surface area contributed by atoms with Crippen molar-refractivity contribution in [1.82, 2.24) is 5.32 Å². The fraction of sp³-hybridized carbons (Fsp3) is 0.304. The molecule has 0 unspecified atom stereocenters. The summed E-state index contributed by atoms with van der Waals surface area (Å²) in [5, 5.41) is 11.6. The first kappa shape index (κ1) is 20.3. The number of carbonyl (C=O) groups excluding carboxylic acids is 3. The van der Waals surface area contributed by atoms with Crippen LogP contribution in [-0.4, -0.2) is 24.4 Å². The number of ether oxygens (including phenoxy) is 1. The minimum atomic E-state index is -0.686. The molecule has 29 heavy (non-hydrogen) atoms. The molecule has 1 aliphatic rings. The van der Waals surface area contributed by atoms with E-state index in [4.69, 9.17) is 4.74 Å². The maximum absolute atomic E-state index is 12.6. The summed E-state index contributed by atoms with van der Waals surface area (Å²) in [6.07, 6.45) is 4.66. The van der Waals surface area contributed by atoms with Crippen LogP contribution in [0, 0.1) is 17.2 Å². The van der Waals surface area contributed by atoms with Crippen LogP contribution in [0.25, 0.3) is 11.1 Å². The summed E-state index contributed by atoms with van der Waals surface area (Å²) in [7, 11) is 0. The van der Waals surface area contributed by atoms with Gasteiger partial charge in [0.15, 0.2) is 6.61 Å². The Kier molecular flexibility index (Phi) is 6.75. The molecule has 0 spiro atoms. The Morgan fingerprint density at radius 3 is 2.34 bits per heavy atom. The van der Waals surface area contributed by atoms with E-state index in [9.17, 15) is 19.6 Å². The highest BCUT2D eigenvalue weighted by Gasteiger charge is 2.23. The summed E-state index contributed by atoms with van der Waals surface area (Å²) in [6.45, 7) is -0.536. The van der Waals surface area contributed by atoms with Gasteiger partial charge in [0.2, 0.25) is 5.91 Å². The molecule has 2 aromatic carbocycles. The van der Waals surface area contributed by atoms with E-state index in [1.54, 1.807) is 48.5 Å². The Labute approximate surface area is 169 Å². The molecule has 6 nitrogen and oxygen atoms in total. The van der Waals surface area contributed by atoms with Crippen molar-refractivity contribution < 1.29 is 19.1 Å². The summed E-state index contributed by atoms with van der Waals surface area (Å²) < 4.78 is 5.13. The second kappa shape index (κ2) is 9.65. The van der Waals surface area contributed by atoms with E-state index in [1.807, 2.05) is 0 Å². The third kappa shape index (κ3) is 5.08. The van der Waals surface area contributed by atoms with Crippen LogP contribution in [-0.2, 0) is 14.3 Å². The normalized spacial score (nSPS) is 13.9. The Morgan fingerprint density at radius 1 is 0.966 bits per heavy atom. The molecule has 0 bridgehead atoms. The Hall–Kier alpha value is -3.46. The Morgan fingerprint density at radius 2 is 1.62 bits per heavy atom. The number of amides is 2. The lowest BCUT2D eigenvalue weighted by atomic mass is 9.89. The van der Waals surface area contributed by atoms with Gasteiger partial charge in [-0.05, 0) is 30.5 Å². The molecule has 1 fully saturated rings. The van der Waals surface area contributed by atoms with Crippen LogP contribution in [0.2, 0.25) is 0 Å². The molecule has 0 saturated heterocycles. The molecular formula is C23H22N2O4. The minimum Gasteiger partial charge on any atom is -0.452 e. The van der Waals surface area contributed by atoms with Crippen molar-refractivity contribution in [1.29, 1.82) is 5.26 Å². The molecule has 0 radical (unpaired) electrons. The van der Waals surface area contributed by atoms with Crippen LogP contribution in [0.1, 0.15) is 48.0 Å². The maximum Gasteiger partial charge on any atom is 0.339 e. The molecule has 2 amide bonds. The monoisotopic (exact) mass is 390 g/mol. The maximum atomic E-state index is 12.6. The summed E-state index contributed by atoms with van der Waals surface area (Å²) in [4.78, 5) is 36.7. The third-order valence-corrected chi connectivity index (χ3v) is 5.06. The predicted octanol–water partition coefficient (Wildman–Crippen LogP) is 3.61. The van der Waals surface area contributed by atoms with Gasteiger partial charge in [0.25, 0.3) is 5.91 Å². The molecule has 6 heteroatoms. The zero-order valence-electron chi connectivity index (χ0n) is 16.0. The minimum absolute atomic E-state index is 0.147. The van der Waals surface area contributed by atoms with Gasteiger partial charge in [-0.2, -0.15) is 5.26 Å². The molecule has 3 rings (SSSR count). The summed E-state index contributed by atoms with van der Waals surface area (Å²) in [5.41, 5.74) is 1.85. The summed E-state index contributed by atoms with van der Waals surface area (Å²) >= 11 is 0. The van der Waals surface area contributed by atoms with Crippen molar-refractivity contribution in [2.45, 2.75) is 32.1 Å². The van der Waals surface area contributed by atoms with E-state index in [1.165, 1.54) is 0 Å². The van der Waals surface area contributed by atoms with Gasteiger partial charge >= 0.3 is 5.97 Å². The second-order valence-corrected chi connectivity index (χ2v) is 7.03. The molecule has 0 atom stereocenters. The van der Waals surface area contributed by atoms with E-state index >= 15 is 0 Å². The quantitative estimate of drug-likeness (QED) is 0.787. The molecule has 0 aromatic heterocycles. The van der Waals surface area contributed by atoms with Crippen molar-refractivity contribution in [2.75, 3.05) is 6.61 Å². The number of imide groups is 1. The summed E-state index contributed by atoms with van der Waals surface area (Å²) in [6, 6.07) is 15.8. The van der Waals surface area contributed by atoms with E-state index in [0.29, 0.717) is 16.7 Å². The number of esters is 1. The van der Waals surface area contributed by atoms with Crippen LogP contribution in [0.15, 0.2) is 48.5 Å². The number of carbonyl (C=O) groups is 3. The van der Waals surface area contributed by atoms with Crippen LogP contribution >= 0.6 is 0 Å². The summed E-state index contributed by atoms with van der Waals surface area (Å²) in [5.74, 6) is -1.77. The van der Waals surface area contributed by atoms with Crippen molar-refractivity contribution in [3.8, 4) is 17.2 Å². The molecule has 2 aromatic rings. The Balaban J connectivity index is 1.65. The fourth-order valence-electron chi connectivity index (χ4n) is 3.56. The van der Waals surface area contributed by atoms with Gasteiger partial charge in [-0.1, -0.05) is 55.7 Å². The fourth-order valence-corrected chi connectivity index (χ4v) is 3.56. The molecule has 0 heterocycles. The highest BCUT2D eigenvalue weighted by Crippen LogP contribution is 2.27. The first-order valence-electron chi connectivity index (χ1n) is 9.69. The lowest BCUT2D eigenvalue weighted by molar-refractivity contribution is -0.135. The molecule has 148 valence electrons. The van der Waals surface area contributed by atoms with Gasteiger partial charge in [0, 0.05) is 11.5 Å². The predicted molar refractivity (Wildman–Crippen MR) is 107 cm³/mol. The number of nitriles is 1. The zero-order chi connectivity index (χ0) is 20.6. The van der Waals surface area contributed by atoms with Crippen molar-refractivity contribution in [2.24, 2.45) is 5.92 Å². The average molecular weight is 390 g/mol. The van der Waals surface area contributed by atoms with Gasteiger partial charge in [-0.15, -0.1) is 0 Å². The van der Waals surface area contributed by atoms with Gasteiger partial charge in [-0.25, -0.2) is 4.79 Å². The lowest BCUT2D eigenvalue weighted by Gasteiger charge is -2.20. The van der Waals surface area contributed by atoms with Crippen LogP contribution in [0.3, 0.4) is 0 Å². The van der Waals surface area contributed by atoms with E-state index in [-0.39, 0.29) is 17.4 Å². The van der Waals surface area contributed by atoms with Crippen molar-refractivity contribution in [3.63, 3.8) is 0 Å². The molecule has 0 aliphatic heterocycles. The van der Waals surface area contributed by atoms with Crippen LogP contribution in [0.5, 0.6) is 0 Å². The standard InChI is InChI=1S/C23H22N2O4/c24-14-17-10-4-5-11-18(17)19-12-6-7-13-20(19)23(28)29-15-21(26)25-22(27)16-8-2-1-3-9-16/h4-7,10-13,16H,1-3,8-9,15H2,(H,25,26,27). The first-order chi connectivity index (χ1) is 14.1. The average Bonchev–Trinajstić information content (AvgIpc) is 2.78. The van der Waals surface area contributed by atoms with E-state index < -0.39 is 18.5 Å². The van der Waals surface area contributed by atoms with Gasteiger partial charge in [0.05, 0.1) is 17.2 Å².